The van der Waals surface area contributed by atoms with E-state index < -0.39 is 10.0 Å². The van der Waals surface area contributed by atoms with E-state index in [9.17, 15) is 8.42 Å². The van der Waals surface area contributed by atoms with E-state index >= 15 is 0 Å². The zero-order valence-electron chi connectivity index (χ0n) is 19.7. The molecule has 1 fully saturated rings. The third-order valence-electron chi connectivity index (χ3n) is 5.33. The summed E-state index contributed by atoms with van der Waals surface area (Å²) in [7, 11) is -2.98. The van der Waals surface area contributed by atoms with Crippen molar-refractivity contribution in [3.05, 3.63) is 24.7 Å². The highest BCUT2D eigenvalue weighted by Crippen LogP contribution is 2.24. The molecule has 0 unspecified atom stereocenters. The highest BCUT2D eigenvalue weighted by molar-refractivity contribution is 7.98. The van der Waals surface area contributed by atoms with Gasteiger partial charge in [-0.25, -0.2) is 32.7 Å². The second-order valence-electron chi connectivity index (χ2n) is 9.21. The largest absolute Gasteiger partial charge is 0.383 e. The number of nitrogens with two attached hydrogens (primary N) is 1. The Bertz CT molecular complexity index is 1170. The maximum absolute atomic E-state index is 12.0. The molecule has 0 amide bonds. The van der Waals surface area contributed by atoms with Crippen molar-refractivity contribution in [2.75, 3.05) is 30.8 Å². The third-order valence-corrected chi connectivity index (χ3v) is 7.77. The van der Waals surface area contributed by atoms with E-state index in [1.807, 2.05) is 12.3 Å². The topological polar surface area (TPSA) is 131 Å². The average molecular weight is 492 g/mol. The highest BCUT2D eigenvalue weighted by Gasteiger charge is 2.25. The molecule has 0 radical (unpaired) electrons. The van der Waals surface area contributed by atoms with E-state index in [0.29, 0.717) is 28.0 Å². The SMILES string of the molecule is CC(C)(C)CCS(=O)(=O)N1CCCCC1.CSc1ncc(-c2cnc3[nH]ccc3n2)c(N)n1. The molecule has 9 nitrogen and oxygen atoms in total. The van der Waals surface area contributed by atoms with Gasteiger partial charge in [0, 0.05) is 25.5 Å². The number of thioether (sulfide) groups is 1. The Morgan fingerprint density at radius 3 is 2.48 bits per heavy atom. The number of hydrogen-bond donors (Lipinski definition) is 2. The lowest BCUT2D eigenvalue weighted by Crippen LogP contribution is -2.37. The summed E-state index contributed by atoms with van der Waals surface area (Å²) in [6.45, 7) is 7.70. The molecule has 4 rings (SSSR count). The summed E-state index contributed by atoms with van der Waals surface area (Å²) in [6, 6.07) is 1.86. The van der Waals surface area contributed by atoms with Crippen molar-refractivity contribution in [2.45, 2.75) is 51.6 Å². The number of aromatic amines is 1. The minimum absolute atomic E-state index is 0.100. The number of sulfonamides is 1. The summed E-state index contributed by atoms with van der Waals surface area (Å²) in [4.78, 5) is 20.1. The first kappa shape index (κ1) is 25.4. The summed E-state index contributed by atoms with van der Waals surface area (Å²) in [5.41, 5.74) is 8.92. The molecular weight excluding hydrogens is 458 g/mol. The van der Waals surface area contributed by atoms with Crippen LogP contribution in [0.4, 0.5) is 5.82 Å². The van der Waals surface area contributed by atoms with Gasteiger partial charge in [-0.3, -0.25) is 0 Å². The van der Waals surface area contributed by atoms with Gasteiger partial charge in [-0.15, -0.1) is 0 Å². The third kappa shape index (κ3) is 7.12. The van der Waals surface area contributed by atoms with Crippen LogP contribution >= 0.6 is 11.8 Å². The summed E-state index contributed by atoms with van der Waals surface area (Å²) in [5, 5.41) is 0.645. The minimum atomic E-state index is -2.98. The number of piperidine rings is 1. The summed E-state index contributed by atoms with van der Waals surface area (Å²) < 4.78 is 25.6. The monoisotopic (exact) mass is 491 g/mol. The Morgan fingerprint density at radius 1 is 1.12 bits per heavy atom. The van der Waals surface area contributed by atoms with Crippen molar-refractivity contribution in [1.29, 1.82) is 0 Å². The van der Waals surface area contributed by atoms with Crippen molar-refractivity contribution in [2.24, 2.45) is 5.41 Å². The molecule has 4 heterocycles. The van der Waals surface area contributed by atoms with Crippen LogP contribution in [0.2, 0.25) is 0 Å². The maximum Gasteiger partial charge on any atom is 0.214 e. The average Bonchev–Trinajstić information content (AvgIpc) is 3.26. The van der Waals surface area contributed by atoms with Crippen LogP contribution in [0.3, 0.4) is 0 Å². The second kappa shape index (κ2) is 10.8. The molecule has 1 aliphatic rings. The molecule has 0 spiro atoms. The molecule has 33 heavy (non-hydrogen) atoms. The van der Waals surface area contributed by atoms with E-state index in [0.717, 1.165) is 43.5 Å². The molecule has 180 valence electrons. The van der Waals surface area contributed by atoms with Crippen LogP contribution in [-0.2, 0) is 10.0 Å². The lowest BCUT2D eigenvalue weighted by atomic mass is 9.94. The van der Waals surface area contributed by atoms with Gasteiger partial charge in [0.1, 0.15) is 11.3 Å². The van der Waals surface area contributed by atoms with E-state index in [1.54, 1.807) is 22.9 Å². The summed E-state index contributed by atoms with van der Waals surface area (Å²) in [5.74, 6) is 0.717. The van der Waals surface area contributed by atoms with E-state index in [-0.39, 0.29) is 5.41 Å². The van der Waals surface area contributed by atoms with E-state index in [4.69, 9.17) is 5.73 Å². The number of anilines is 1. The fourth-order valence-corrected chi connectivity index (χ4v) is 5.63. The van der Waals surface area contributed by atoms with E-state index in [1.165, 1.54) is 18.2 Å². The number of H-pyrrole nitrogens is 1. The Hall–Kier alpha value is -2.24. The normalized spacial score (nSPS) is 15.3. The second-order valence-corrected chi connectivity index (χ2v) is 12.1. The van der Waals surface area contributed by atoms with Gasteiger partial charge in [0.2, 0.25) is 10.0 Å². The fourth-order valence-electron chi connectivity index (χ4n) is 3.34. The Labute approximate surface area is 200 Å². The van der Waals surface area contributed by atoms with Crippen molar-refractivity contribution < 1.29 is 8.42 Å². The lowest BCUT2D eigenvalue weighted by molar-refractivity contribution is 0.338. The number of nitrogens with one attached hydrogen (secondary N) is 1. The van der Waals surface area contributed by atoms with Gasteiger partial charge in [0.05, 0.1) is 23.2 Å². The molecule has 0 aliphatic carbocycles. The molecule has 3 N–H and O–H groups in total. The van der Waals surface area contributed by atoms with Gasteiger partial charge >= 0.3 is 0 Å². The predicted molar refractivity (Wildman–Crippen MR) is 134 cm³/mol. The zero-order chi connectivity index (χ0) is 24.1. The molecule has 1 saturated heterocycles. The lowest BCUT2D eigenvalue weighted by Gasteiger charge is -2.27. The molecule has 0 atom stereocenters. The Morgan fingerprint density at radius 2 is 1.85 bits per heavy atom. The standard InChI is InChI=1S/C11H10N6S.C11H23NO2S/c1-18-11-15-4-6(9(12)17-11)8-5-14-10-7(16-8)2-3-13-10;1-11(2,3)7-10-15(13,14)12-8-5-4-6-9-12/h2-5H,1H3,(H,13,14)(H2,12,15,17);4-10H2,1-3H3. The van der Waals surface area contributed by atoms with Crippen molar-refractivity contribution in [3.8, 4) is 11.3 Å². The van der Waals surface area contributed by atoms with Crippen LogP contribution in [0.5, 0.6) is 0 Å². The van der Waals surface area contributed by atoms with Crippen molar-refractivity contribution >= 4 is 38.8 Å². The van der Waals surface area contributed by atoms with Crippen LogP contribution in [0.1, 0.15) is 46.5 Å². The summed E-state index contributed by atoms with van der Waals surface area (Å²) in [6.07, 6.45) is 11.0. The number of hydrogen-bond acceptors (Lipinski definition) is 8. The number of aromatic nitrogens is 5. The first-order valence-electron chi connectivity index (χ1n) is 11.0. The van der Waals surface area contributed by atoms with E-state index in [2.05, 4.69) is 45.7 Å². The molecule has 3 aromatic rings. The molecular formula is C22H33N7O2S2. The number of rotatable bonds is 5. The van der Waals surface area contributed by atoms with Gasteiger partial charge in [-0.1, -0.05) is 39.0 Å². The number of nitrogen functional groups attached to an aromatic ring is 1. The molecule has 1 aliphatic heterocycles. The number of fused-ring (bicyclic) bond motifs is 1. The quantitative estimate of drug-likeness (QED) is 0.405. The molecule has 3 aromatic heterocycles. The summed E-state index contributed by atoms with van der Waals surface area (Å²) >= 11 is 1.45. The van der Waals surface area contributed by atoms with Crippen molar-refractivity contribution in [3.63, 3.8) is 0 Å². The fraction of sp³-hybridized carbons (Fsp3) is 0.545. The van der Waals surface area contributed by atoms with Gasteiger partial charge < -0.3 is 10.7 Å². The van der Waals surface area contributed by atoms with Crippen LogP contribution in [0, 0.1) is 5.41 Å². The van der Waals surface area contributed by atoms with Gasteiger partial charge in [0.15, 0.2) is 10.8 Å². The van der Waals surface area contributed by atoms with Gasteiger partial charge in [0.25, 0.3) is 0 Å². The van der Waals surface area contributed by atoms with Gasteiger partial charge in [-0.05, 0) is 37.0 Å². The van der Waals surface area contributed by atoms with Crippen molar-refractivity contribution in [1.82, 2.24) is 29.2 Å². The predicted octanol–water partition coefficient (Wildman–Crippen LogP) is 3.96. The van der Waals surface area contributed by atoms with Crippen LogP contribution < -0.4 is 5.73 Å². The molecule has 0 bridgehead atoms. The maximum atomic E-state index is 12.0. The Balaban J connectivity index is 0.000000190. The first-order chi connectivity index (χ1) is 15.6. The zero-order valence-corrected chi connectivity index (χ0v) is 21.3. The molecule has 11 heteroatoms. The molecule has 0 aromatic carbocycles. The first-order valence-corrected chi connectivity index (χ1v) is 13.9. The highest BCUT2D eigenvalue weighted by atomic mass is 32.2. The van der Waals surface area contributed by atoms with Gasteiger partial charge in [-0.2, -0.15) is 0 Å². The van der Waals surface area contributed by atoms with Crippen LogP contribution in [0.15, 0.2) is 29.8 Å². The van der Waals surface area contributed by atoms with Crippen LogP contribution in [0.25, 0.3) is 22.4 Å². The van der Waals surface area contributed by atoms with Crippen LogP contribution in [-0.4, -0.2) is 62.7 Å². The minimum Gasteiger partial charge on any atom is -0.383 e. The number of nitrogens with zero attached hydrogens (tertiary/aromatic N) is 5. The smallest absolute Gasteiger partial charge is 0.214 e. The Kier molecular flexibility index (Phi) is 8.30. The molecule has 0 saturated carbocycles.